The van der Waals surface area contributed by atoms with Gasteiger partial charge in [-0.1, -0.05) is 12.1 Å². The summed E-state index contributed by atoms with van der Waals surface area (Å²) in [6, 6.07) is 6.01. The smallest absolute Gasteiger partial charge is 0.417 e. The number of carbonyl (C=O) groups is 2. The van der Waals surface area contributed by atoms with Gasteiger partial charge in [0.05, 0.1) is 23.9 Å². The average Bonchev–Trinajstić information content (AvgIpc) is 2.53. The Balaban J connectivity index is 2.77. The zero-order valence-corrected chi connectivity index (χ0v) is 13.2. The summed E-state index contributed by atoms with van der Waals surface area (Å²) in [5.74, 6) is -2.21. The van der Waals surface area contributed by atoms with Crippen LogP contribution in [0.25, 0.3) is 11.1 Å². The van der Waals surface area contributed by atoms with Crippen LogP contribution < -0.4 is 5.32 Å². The molecule has 0 unspecified atom stereocenters. The maximum Gasteiger partial charge on any atom is 0.417 e. The molecule has 1 amide bonds. The fourth-order valence-electron chi connectivity index (χ4n) is 2.27. The molecule has 2 aromatic rings. The Bertz CT molecular complexity index is 814. The van der Waals surface area contributed by atoms with Crippen LogP contribution in [0.3, 0.4) is 0 Å². The van der Waals surface area contributed by atoms with E-state index in [0.29, 0.717) is 6.07 Å². The van der Waals surface area contributed by atoms with Crippen molar-refractivity contribution < 1.29 is 31.9 Å². The van der Waals surface area contributed by atoms with E-state index in [1.165, 1.54) is 12.1 Å². The van der Waals surface area contributed by atoms with Crippen LogP contribution in [0.15, 0.2) is 36.4 Å². The second-order valence-corrected chi connectivity index (χ2v) is 5.12. The number of alkyl halides is 3. The van der Waals surface area contributed by atoms with E-state index in [9.17, 15) is 27.2 Å². The molecule has 132 valence electrons. The second kappa shape index (κ2) is 6.92. The predicted molar refractivity (Wildman–Crippen MR) is 82.5 cm³/mol. The number of methoxy groups -OCH3 is 1. The van der Waals surface area contributed by atoms with Crippen LogP contribution in [0.5, 0.6) is 0 Å². The third kappa shape index (κ3) is 4.14. The summed E-state index contributed by atoms with van der Waals surface area (Å²) in [5, 5.41) is 2.31. The van der Waals surface area contributed by atoms with Crippen LogP contribution in [-0.4, -0.2) is 19.0 Å². The zero-order chi connectivity index (χ0) is 18.8. The lowest BCUT2D eigenvalue weighted by Crippen LogP contribution is -2.16. The minimum absolute atomic E-state index is 0.0803. The van der Waals surface area contributed by atoms with Gasteiger partial charge in [0.25, 0.3) is 0 Å². The van der Waals surface area contributed by atoms with Crippen LogP contribution in [-0.2, 0) is 15.7 Å². The lowest BCUT2D eigenvalue weighted by molar-refractivity contribution is -0.137. The van der Waals surface area contributed by atoms with Gasteiger partial charge < -0.3 is 10.1 Å². The van der Waals surface area contributed by atoms with Gasteiger partial charge in [-0.25, -0.2) is 9.18 Å². The maximum absolute atomic E-state index is 13.4. The molecule has 0 saturated carbocycles. The van der Waals surface area contributed by atoms with Crippen molar-refractivity contribution in [1.29, 1.82) is 0 Å². The summed E-state index contributed by atoms with van der Waals surface area (Å²) in [6.07, 6.45) is -4.78. The second-order valence-electron chi connectivity index (χ2n) is 5.12. The Kier molecular flexibility index (Phi) is 5.10. The molecule has 0 aliphatic rings. The van der Waals surface area contributed by atoms with E-state index >= 15 is 0 Å². The van der Waals surface area contributed by atoms with E-state index in [1.54, 1.807) is 0 Å². The third-order valence-electron chi connectivity index (χ3n) is 3.33. The van der Waals surface area contributed by atoms with Gasteiger partial charge in [-0.05, 0) is 35.4 Å². The Morgan fingerprint density at radius 2 is 1.68 bits per heavy atom. The molecule has 2 rings (SSSR count). The Morgan fingerprint density at radius 1 is 1.08 bits per heavy atom. The largest absolute Gasteiger partial charge is 0.465 e. The molecule has 0 atom stereocenters. The van der Waals surface area contributed by atoms with Crippen LogP contribution in [0.1, 0.15) is 22.8 Å². The Morgan fingerprint density at radius 3 is 2.16 bits per heavy atom. The number of hydrogen-bond donors (Lipinski definition) is 1. The molecule has 0 saturated heterocycles. The molecule has 0 spiro atoms. The number of nitrogens with one attached hydrogen (secondary N) is 1. The van der Waals surface area contributed by atoms with Gasteiger partial charge in [0.2, 0.25) is 5.91 Å². The highest BCUT2D eigenvalue weighted by Gasteiger charge is 2.35. The number of amides is 1. The standard InChI is InChI=1S/C17H13F4NO3/c1-9(23)22-15-8-12(10-3-5-11(18)6-4-10)14(17(19,20)21)7-13(15)16(24)25-2/h3-8H,1-2H3,(H,22,23). The van der Waals surface area contributed by atoms with E-state index in [1.807, 2.05) is 0 Å². The molecule has 0 bridgehead atoms. The van der Waals surface area contributed by atoms with E-state index in [-0.39, 0.29) is 16.8 Å². The van der Waals surface area contributed by atoms with Gasteiger partial charge in [0, 0.05) is 6.92 Å². The molecule has 8 heteroatoms. The van der Waals surface area contributed by atoms with Crippen molar-refractivity contribution in [3.8, 4) is 11.1 Å². The van der Waals surface area contributed by atoms with Crippen LogP contribution in [0, 0.1) is 5.82 Å². The molecular weight excluding hydrogens is 342 g/mol. The summed E-state index contributed by atoms with van der Waals surface area (Å²) in [5.41, 5.74) is -1.89. The van der Waals surface area contributed by atoms with E-state index in [2.05, 4.69) is 10.1 Å². The SMILES string of the molecule is COC(=O)c1cc(C(F)(F)F)c(-c2ccc(F)cc2)cc1NC(C)=O. The van der Waals surface area contributed by atoms with Crippen molar-refractivity contribution >= 4 is 17.6 Å². The number of anilines is 1. The number of halogens is 4. The zero-order valence-electron chi connectivity index (χ0n) is 13.2. The normalized spacial score (nSPS) is 11.1. The molecule has 0 heterocycles. The first-order valence-electron chi connectivity index (χ1n) is 7.00. The molecule has 0 fully saturated rings. The minimum atomic E-state index is -4.78. The molecule has 0 aromatic heterocycles. The van der Waals surface area contributed by atoms with Crippen molar-refractivity contribution in [2.75, 3.05) is 12.4 Å². The predicted octanol–water partition coefficient (Wildman–Crippen LogP) is 4.26. The highest BCUT2D eigenvalue weighted by Crippen LogP contribution is 2.40. The van der Waals surface area contributed by atoms with Gasteiger partial charge in [0.1, 0.15) is 5.82 Å². The van der Waals surface area contributed by atoms with Gasteiger partial charge in [-0.2, -0.15) is 13.2 Å². The number of esters is 1. The van der Waals surface area contributed by atoms with Crippen molar-refractivity contribution in [3.63, 3.8) is 0 Å². The Hall–Kier alpha value is -2.90. The molecule has 4 nitrogen and oxygen atoms in total. The highest BCUT2D eigenvalue weighted by atomic mass is 19.4. The number of hydrogen-bond acceptors (Lipinski definition) is 3. The van der Waals surface area contributed by atoms with Crippen molar-refractivity contribution in [3.05, 3.63) is 53.3 Å². The summed E-state index contributed by atoms with van der Waals surface area (Å²) >= 11 is 0. The molecule has 25 heavy (non-hydrogen) atoms. The molecule has 0 aliphatic heterocycles. The average molecular weight is 355 g/mol. The fraction of sp³-hybridized carbons (Fsp3) is 0.176. The molecular formula is C17H13F4NO3. The molecule has 2 aromatic carbocycles. The van der Waals surface area contributed by atoms with E-state index < -0.39 is 35.0 Å². The number of benzene rings is 2. The summed E-state index contributed by atoms with van der Waals surface area (Å²) < 4.78 is 57.9. The van der Waals surface area contributed by atoms with Crippen LogP contribution >= 0.6 is 0 Å². The first-order chi connectivity index (χ1) is 11.6. The number of carbonyl (C=O) groups excluding carboxylic acids is 2. The lowest BCUT2D eigenvalue weighted by Gasteiger charge is -2.18. The summed E-state index contributed by atoms with van der Waals surface area (Å²) in [4.78, 5) is 23.1. The van der Waals surface area contributed by atoms with Crippen molar-refractivity contribution in [2.24, 2.45) is 0 Å². The Labute approximate surface area is 140 Å². The quantitative estimate of drug-likeness (QED) is 0.661. The van der Waals surface area contributed by atoms with Crippen molar-refractivity contribution in [1.82, 2.24) is 0 Å². The summed E-state index contributed by atoms with van der Waals surface area (Å²) in [7, 11) is 1.01. The topological polar surface area (TPSA) is 55.4 Å². The third-order valence-corrected chi connectivity index (χ3v) is 3.33. The summed E-state index contributed by atoms with van der Waals surface area (Å²) in [6.45, 7) is 1.15. The lowest BCUT2D eigenvalue weighted by atomic mass is 9.95. The first kappa shape index (κ1) is 18.4. The fourth-order valence-corrected chi connectivity index (χ4v) is 2.27. The molecule has 0 aliphatic carbocycles. The molecule has 1 N–H and O–H groups in total. The van der Waals surface area contributed by atoms with Gasteiger partial charge >= 0.3 is 12.1 Å². The first-order valence-corrected chi connectivity index (χ1v) is 7.00. The maximum atomic E-state index is 13.4. The van der Waals surface area contributed by atoms with Crippen LogP contribution in [0.4, 0.5) is 23.2 Å². The van der Waals surface area contributed by atoms with Gasteiger partial charge in [-0.3, -0.25) is 4.79 Å². The number of ether oxygens (including phenoxy) is 1. The highest BCUT2D eigenvalue weighted by molar-refractivity contribution is 6.02. The number of rotatable bonds is 3. The van der Waals surface area contributed by atoms with Gasteiger partial charge in [-0.15, -0.1) is 0 Å². The minimum Gasteiger partial charge on any atom is -0.465 e. The monoisotopic (exact) mass is 355 g/mol. The van der Waals surface area contributed by atoms with E-state index in [4.69, 9.17) is 0 Å². The van der Waals surface area contributed by atoms with Crippen molar-refractivity contribution in [2.45, 2.75) is 13.1 Å². The van der Waals surface area contributed by atoms with Crippen LogP contribution in [0.2, 0.25) is 0 Å². The van der Waals surface area contributed by atoms with Gasteiger partial charge in [0.15, 0.2) is 0 Å². The molecule has 0 radical (unpaired) electrons. The van der Waals surface area contributed by atoms with E-state index in [0.717, 1.165) is 32.2 Å².